The van der Waals surface area contributed by atoms with E-state index in [1.54, 1.807) is 18.4 Å². The van der Waals surface area contributed by atoms with Crippen LogP contribution in [0.2, 0.25) is 0 Å². The van der Waals surface area contributed by atoms with E-state index < -0.39 is 6.29 Å². The van der Waals surface area contributed by atoms with Crippen molar-refractivity contribution in [2.75, 3.05) is 20.3 Å². The molecule has 0 aliphatic carbocycles. The Morgan fingerprint density at radius 2 is 2.07 bits per heavy atom. The SMILES string of the molecule is COCCNC(=O)C1=C[C@H](c2cccs2)C[C@H](OCc2ccc(CO)cc2)O1. The van der Waals surface area contributed by atoms with Gasteiger partial charge in [0.25, 0.3) is 5.91 Å². The number of amides is 1. The molecule has 1 aliphatic rings. The van der Waals surface area contributed by atoms with Gasteiger partial charge in [-0.1, -0.05) is 30.3 Å². The van der Waals surface area contributed by atoms with Crippen LogP contribution in [-0.2, 0) is 32.2 Å². The maximum Gasteiger partial charge on any atom is 0.286 e. The van der Waals surface area contributed by atoms with Crippen LogP contribution in [0.5, 0.6) is 0 Å². The normalized spacial score (nSPS) is 19.0. The van der Waals surface area contributed by atoms with E-state index in [-0.39, 0.29) is 24.2 Å². The highest BCUT2D eigenvalue weighted by Crippen LogP contribution is 2.34. The lowest BCUT2D eigenvalue weighted by Crippen LogP contribution is -2.34. The second kappa shape index (κ2) is 10.4. The number of aliphatic hydroxyl groups is 1. The van der Waals surface area contributed by atoms with Crippen molar-refractivity contribution in [3.63, 3.8) is 0 Å². The summed E-state index contributed by atoms with van der Waals surface area (Å²) in [6, 6.07) is 11.6. The van der Waals surface area contributed by atoms with Crippen molar-refractivity contribution in [2.24, 2.45) is 0 Å². The summed E-state index contributed by atoms with van der Waals surface area (Å²) in [7, 11) is 1.59. The Morgan fingerprint density at radius 1 is 1.29 bits per heavy atom. The summed E-state index contributed by atoms with van der Waals surface area (Å²) in [5.41, 5.74) is 1.84. The van der Waals surface area contributed by atoms with Gasteiger partial charge in [0.2, 0.25) is 6.29 Å². The second-order valence-electron chi connectivity index (χ2n) is 6.47. The van der Waals surface area contributed by atoms with Gasteiger partial charge in [-0.2, -0.15) is 0 Å². The van der Waals surface area contributed by atoms with Gasteiger partial charge in [-0.3, -0.25) is 4.79 Å². The maximum absolute atomic E-state index is 12.4. The number of carbonyl (C=O) groups excluding carboxylic acids is 1. The van der Waals surface area contributed by atoms with Crippen LogP contribution >= 0.6 is 11.3 Å². The van der Waals surface area contributed by atoms with Crippen LogP contribution in [0, 0.1) is 0 Å². The maximum atomic E-state index is 12.4. The summed E-state index contributed by atoms with van der Waals surface area (Å²) in [6.07, 6.45) is 1.99. The van der Waals surface area contributed by atoms with Gasteiger partial charge in [-0.05, 0) is 28.6 Å². The molecule has 2 aromatic rings. The average Bonchev–Trinajstić information content (AvgIpc) is 3.27. The van der Waals surface area contributed by atoms with Gasteiger partial charge < -0.3 is 24.6 Å². The molecular weight excluding hydrogens is 378 g/mol. The first-order valence-corrected chi connectivity index (χ1v) is 10.1. The highest BCUT2D eigenvalue weighted by molar-refractivity contribution is 7.10. The molecule has 1 aromatic heterocycles. The van der Waals surface area contributed by atoms with E-state index in [1.165, 1.54) is 4.88 Å². The van der Waals surface area contributed by atoms with Crippen LogP contribution in [0.4, 0.5) is 0 Å². The van der Waals surface area contributed by atoms with E-state index >= 15 is 0 Å². The summed E-state index contributed by atoms with van der Waals surface area (Å²) >= 11 is 1.65. The van der Waals surface area contributed by atoms with Crippen LogP contribution in [0.25, 0.3) is 0 Å². The van der Waals surface area contributed by atoms with Crippen LogP contribution in [0.15, 0.2) is 53.6 Å². The Labute approximate surface area is 168 Å². The number of allylic oxidation sites excluding steroid dienone is 1. The molecule has 28 heavy (non-hydrogen) atoms. The molecule has 150 valence electrons. The second-order valence-corrected chi connectivity index (χ2v) is 7.45. The van der Waals surface area contributed by atoms with Gasteiger partial charge in [-0.15, -0.1) is 11.3 Å². The Hall–Kier alpha value is -2.19. The largest absolute Gasteiger partial charge is 0.459 e. The van der Waals surface area contributed by atoms with E-state index in [9.17, 15) is 4.79 Å². The zero-order valence-electron chi connectivity index (χ0n) is 15.8. The van der Waals surface area contributed by atoms with Crippen molar-refractivity contribution in [2.45, 2.75) is 31.8 Å². The lowest BCUT2D eigenvalue weighted by Gasteiger charge is -2.28. The topological polar surface area (TPSA) is 77.0 Å². The minimum atomic E-state index is -0.516. The lowest BCUT2D eigenvalue weighted by molar-refractivity contribution is -0.150. The summed E-state index contributed by atoms with van der Waals surface area (Å²) in [5, 5.41) is 14.0. The van der Waals surface area contributed by atoms with Gasteiger partial charge in [0.15, 0.2) is 5.76 Å². The number of carbonyl (C=O) groups is 1. The van der Waals surface area contributed by atoms with Crippen LogP contribution in [0.1, 0.15) is 28.3 Å². The molecule has 2 atom stereocenters. The van der Waals surface area contributed by atoms with E-state index in [0.717, 1.165) is 11.1 Å². The van der Waals surface area contributed by atoms with Crippen LogP contribution in [-0.4, -0.2) is 37.6 Å². The molecule has 2 heterocycles. The molecule has 0 spiro atoms. The zero-order valence-corrected chi connectivity index (χ0v) is 16.6. The van der Waals surface area contributed by atoms with Crippen molar-refractivity contribution in [1.82, 2.24) is 5.32 Å². The number of ether oxygens (including phenoxy) is 3. The summed E-state index contributed by atoms with van der Waals surface area (Å²) in [6.45, 7) is 1.24. The number of thiophene rings is 1. The number of methoxy groups -OCH3 is 1. The molecular formula is C21H25NO5S. The Kier molecular flexibility index (Phi) is 7.62. The number of hydrogen-bond acceptors (Lipinski definition) is 6. The predicted molar refractivity (Wildman–Crippen MR) is 107 cm³/mol. The molecule has 6 nitrogen and oxygen atoms in total. The first-order valence-electron chi connectivity index (χ1n) is 9.19. The van der Waals surface area contributed by atoms with E-state index in [0.29, 0.717) is 26.2 Å². The van der Waals surface area contributed by atoms with E-state index in [4.69, 9.17) is 19.3 Å². The van der Waals surface area contributed by atoms with Crippen molar-refractivity contribution in [3.8, 4) is 0 Å². The van der Waals surface area contributed by atoms with Gasteiger partial charge in [0, 0.05) is 30.9 Å². The predicted octanol–water partition coefficient (Wildman–Crippen LogP) is 2.93. The van der Waals surface area contributed by atoms with Crippen molar-refractivity contribution in [3.05, 3.63) is 69.6 Å². The molecule has 0 unspecified atom stereocenters. The summed E-state index contributed by atoms with van der Waals surface area (Å²) in [4.78, 5) is 13.6. The Balaban J connectivity index is 1.65. The minimum absolute atomic E-state index is 0.0156. The average molecular weight is 404 g/mol. The fraction of sp³-hybridized carbons (Fsp3) is 0.381. The standard InChI is InChI=1S/C21H25NO5S/c1-25-9-8-22-21(24)18-11-17(19-3-2-10-28-19)12-20(27-18)26-14-16-6-4-15(13-23)5-7-16/h2-7,10-11,17,20,23H,8-9,12-14H2,1H3,(H,22,24)/t17-,20+/m0/s1. The van der Waals surface area contributed by atoms with Gasteiger partial charge in [-0.25, -0.2) is 0 Å². The fourth-order valence-corrected chi connectivity index (χ4v) is 3.71. The molecule has 7 heteroatoms. The first-order chi connectivity index (χ1) is 13.7. The first kappa shape index (κ1) is 20.5. The molecule has 1 aromatic carbocycles. The highest BCUT2D eigenvalue weighted by Gasteiger charge is 2.29. The molecule has 3 rings (SSSR count). The molecule has 1 aliphatic heterocycles. The van der Waals surface area contributed by atoms with E-state index in [2.05, 4.69) is 11.4 Å². The third-order valence-corrected chi connectivity index (χ3v) is 5.43. The Morgan fingerprint density at radius 3 is 2.75 bits per heavy atom. The third-order valence-electron chi connectivity index (χ3n) is 4.42. The third kappa shape index (κ3) is 5.65. The molecule has 0 fully saturated rings. The van der Waals surface area contributed by atoms with Crippen LogP contribution < -0.4 is 5.32 Å². The van der Waals surface area contributed by atoms with Gasteiger partial charge in [0.05, 0.1) is 19.8 Å². The smallest absolute Gasteiger partial charge is 0.286 e. The number of nitrogens with one attached hydrogen (secondary N) is 1. The molecule has 0 saturated carbocycles. The highest BCUT2D eigenvalue weighted by atomic mass is 32.1. The number of benzene rings is 1. The van der Waals surface area contributed by atoms with Crippen molar-refractivity contribution in [1.29, 1.82) is 0 Å². The lowest BCUT2D eigenvalue weighted by atomic mass is 9.99. The molecule has 1 amide bonds. The quantitative estimate of drug-likeness (QED) is 0.630. The van der Waals surface area contributed by atoms with Crippen molar-refractivity contribution < 1.29 is 24.1 Å². The van der Waals surface area contributed by atoms with Crippen molar-refractivity contribution >= 4 is 17.2 Å². The number of rotatable bonds is 9. The van der Waals surface area contributed by atoms with E-state index in [1.807, 2.05) is 41.8 Å². The Bertz CT molecular complexity index is 773. The summed E-state index contributed by atoms with van der Waals surface area (Å²) in [5.74, 6) is 0.0827. The van der Waals surface area contributed by atoms with Gasteiger partial charge in [0.1, 0.15) is 0 Å². The van der Waals surface area contributed by atoms with Gasteiger partial charge >= 0.3 is 0 Å². The molecule has 0 saturated heterocycles. The number of hydrogen-bond donors (Lipinski definition) is 2. The molecule has 2 N–H and O–H groups in total. The monoisotopic (exact) mass is 403 g/mol. The fourth-order valence-electron chi connectivity index (χ4n) is 2.90. The summed E-state index contributed by atoms with van der Waals surface area (Å²) < 4.78 is 16.7. The molecule has 0 radical (unpaired) electrons. The zero-order chi connectivity index (χ0) is 19.8. The molecule has 0 bridgehead atoms. The minimum Gasteiger partial charge on any atom is -0.459 e. The number of aliphatic hydroxyl groups excluding tert-OH is 1. The van der Waals surface area contributed by atoms with Crippen LogP contribution in [0.3, 0.4) is 0 Å².